The lowest BCUT2D eigenvalue weighted by molar-refractivity contribution is -0.384. The number of nitrogens with zero attached hydrogens (tertiary/aromatic N) is 6. The van der Waals surface area contributed by atoms with Gasteiger partial charge in [0.25, 0.3) is 11.6 Å². The zero-order chi connectivity index (χ0) is 23.8. The summed E-state index contributed by atoms with van der Waals surface area (Å²) >= 11 is 0. The van der Waals surface area contributed by atoms with Crippen LogP contribution in [-0.4, -0.2) is 56.5 Å². The van der Waals surface area contributed by atoms with Crippen LogP contribution in [0, 0.1) is 24.0 Å². The molecule has 4 aromatic rings. The van der Waals surface area contributed by atoms with Gasteiger partial charge in [-0.2, -0.15) is 5.10 Å². The number of carbonyl (C=O) groups excluding carboxylic acids is 1. The Morgan fingerprint density at radius 2 is 1.71 bits per heavy atom. The molecule has 1 fully saturated rings. The SMILES string of the molecule is Cc1ccc(-c2ccnc3c(C(=O)N4CCN(c5ccc([N+](=O)[O-])cc5)CC4)cnn23)cc1C. The molecule has 1 aliphatic heterocycles. The van der Waals surface area contributed by atoms with Crippen molar-refractivity contribution in [2.45, 2.75) is 13.8 Å². The van der Waals surface area contributed by atoms with E-state index in [0.29, 0.717) is 37.4 Å². The Morgan fingerprint density at radius 3 is 2.38 bits per heavy atom. The van der Waals surface area contributed by atoms with Gasteiger partial charge in [0.15, 0.2) is 5.65 Å². The molecule has 0 spiro atoms. The molecule has 9 nitrogen and oxygen atoms in total. The van der Waals surface area contributed by atoms with Crippen molar-refractivity contribution in [1.82, 2.24) is 19.5 Å². The summed E-state index contributed by atoms with van der Waals surface area (Å²) in [5, 5.41) is 15.4. The molecule has 0 unspecified atom stereocenters. The predicted molar refractivity (Wildman–Crippen MR) is 129 cm³/mol. The summed E-state index contributed by atoms with van der Waals surface area (Å²) in [5.74, 6) is -0.0944. The summed E-state index contributed by atoms with van der Waals surface area (Å²) < 4.78 is 1.73. The summed E-state index contributed by atoms with van der Waals surface area (Å²) in [6, 6.07) is 14.7. The molecular weight excluding hydrogens is 432 g/mol. The maximum Gasteiger partial charge on any atom is 0.269 e. The summed E-state index contributed by atoms with van der Waals surface area (Å²) in [6.45, 7) is 6.53. The van der Waals surface area contributed by atoms with Crippen molar-refractivity contribution >= 4 is 22.9 Å². The van der Waals surface area contributed by atoms with Crippen molar-refractivity contribution in [2.24, 2.45) is 0 Å². The van der Waals surface area contributed by atoms with E-state index in [1.165, 1.54) is 23.3 Å². The molecule has 2 aromatic carbocycles. The van der Waals surface area contributed by atoms with Gasteiger partial charge >= 0.3 is 0 Å². The zero-order valence-electron chi connectivity index (χ0n) is 19.0. The third kappa shape index (κ3) is 3.85. The lowest BCUT2D eigenvalue weighted by Crippen LogP contribution is -2.48. The van der Waals surface area contributed by atoms with Crippen LogP contribution in [0.25, 0.3) is 16.9 Å². The lowest BCUT2D eigenvalue weighted by Gasteiger charge is -2.36. The second-order valence-corrected chi connectivity index (χ2v) is 8.48. The number of anilines is 1. The van der Waals surface area contributed by atoms with Gasteiger partial charge in [-0.1, -0.05) is 12.1 Å². The van der Waals surface area contributed by atoms with E-state index in [1.54, 1.807) is 29.0 Å². The smallest absolute Gasteiger partial charge is 0.269 e. The summed E-state index contributed by atoms with van der Waals surface area (Å²) in [6.07, 6.45) is 3.31. The average molecular weight is 457 g/mol. The molecule has 34 heavy (non-hydrogen) atoms. The Kier molecular flexibility index (Phi) is 5.45. The van der Waals surface area contributed by atoms with E-state index in [4.69, 9.17) is 0 Å². The molecule has 1 aliphatic rings. The topological polar surface area (TPSA) is 96.9 Å². The van der Waals surface area contributed by atoms with E-state index in [-0.39, 0.29) is 11.6 Å². The normalized spacial score (nSPS) is 13.9. The molecule has 9 heteroatoms. The number of non-ortho nitro benzene ring substituents is 1. The number of nitro benzene ring substituents is 1. The number of aromatic nitrogens is 3. The van der Waals surface area contributed by atoms with Crippen LogP contribution in [0.4, 0.5) is 11.4 Å². The third-order valence-electron chi connectivity index (χ3n) is 6.43. The minimum atomic E-state index is -0.407. The maximum absolute atomic E-state index is 13.3. The molecule has 0 aliphatic carbocycles. The predicted octanol–water partition coefficient (Wildman–Crippen LogP) is 3.88. The number of nitro groups is 1. The summed E-state index contributed by atoms with van der Waals surface area (Å²) in [4.78, 5) is 32.2. The number of fused-ring (bicyclic) bond motifs is 1. The Morgan fingerprint density at radius 1 is 0.971 bits per heavy atom. The fourth-order valence-electron chi connectivity index (χ4n) is 4.28. The van der Waals surface area contributed by atoms with E-state index in [1.807, 2.05) is 11.0 Å². The number of benzene rings is 2. The van der Waals surface area contributed by atoms with E-state index < -0.39 is 4.92 Å². The van der Waals surface area contributed by atoms with Gasteiger partial charge in [0.2, 0.25) is 0 Å². The van der Waals surface area contributed by atoms with Crippen LogP contribution in [0.2, 0.25) is 0 Å². The Hall–Kier alpha value is -4.27. The first kappa shape index (κ1) is 21.6. The first-order valence-corrected chi connectivity index (χ1v) is 11.1. The highest BCUT2D eigenvalue weighted by atomic mass is 16.6. The molecule has 0 atom stereocenters. The molecular formula is C25H24N6O3. The number of hydrogen-bond acceptors (Lipinski definition) is 6. The minimum absolute atomic E-state index is 0.0679. The van der Waals surface area contributed by atoms with Crippen LogP contribution < -0.4 is 4.90 Å². The molecule has 0 radical (unpaired) electrons. The molecule has 172 valence electrons. The fraction of sp³-hybridized carbons (Fsp3) is 0.240. The first-order valence-electron chi connectivity index (χ1n) is 11.1. The number of aryl methyl sites for hydroxylation is 2. The molecule has 5 rings (SSSR count). The van der Waals surface area contributed by atoms with Crippen molar-refractivity contribution < 1.29 is 9.72 Å². The molecule has 2 aromatic heterocycles. The highest BCUT2D eigenvalue weighted by Crippen LogP contribution is 2.25. The zero-order valence-corrected chi connectivity index (χ0v) is 19.0. The molecule has 0 bridgehead atoms. The van der Waals surface area contributed by atoms with Crippen LogP contribution in [0.15, 0.2) is 60.9 Å². The maximum atomic E-state index is 13.3. The number of amides is 1. The monoisotopic (exact) mass is 456 g/mol. The van der Waals surface area contributed by atoms with Crippen molar-refractivity contribution in [1.29, 1.82) is 0 Å². The van der Waals surface area contributed by atoms with Crippen molar-refractivity contribution in [2.75, 3.05) is 31.1 Å². The van der Waals surface area contributed by atoms with Gasteiger partial charge in [0.1, 0.15) is 5.56 Å². The molecule has 1 amide bonds. The van der Waals surface area contributed by atoms with Gasteiger partial charge in [-0.3, -0.25) is 14.9 Å². The van der Waals surface area contributed by atoms with E-state index in [2.05, 4.69) is 47.0 Å². The molecule has 0 N–H and O–H groups in total. The highest BCUT2D eigenvalue weighted by molar-refractivity contribution is 6.00. The van der Waals surface area contributed by atoms with Crippen molar-refractivity contribution in [3.05, 3.63) is 87.7 Å². The van der Waals surface area contributed by atoms with Gasteiger partial charge in [0, 0.05) is 55.8 Å². The van der Waals surface area contributed by atoms with Gasteiger partial charge in [-0.25, -0.2) is 9.50 Å². The lowest BCUT2D eigenvalue weighted by atomic mass is 10.0. The standard InChI is InChI=1S/C25H24N6O3/c1-17-3-4-19(15-18(17)2)23-9-10-26-24-22(16-27-30(23)24)25(32)29-13-11-28(12-14-29)20-5-7-21(8-6-20)31(33)34/h3-10,15-16H,11-14H2,1-2H3. The number of hydrogen-bond donors (Lipinski definition) is 0. The van der Waals surface area contributed by atoms with Gasteiger partial charge < -0.3 is 9.80 Å². The molecule has 3 heterocycles. The van der Waals surface area contributed by atoms with Crippen LogP contribution >= 0.6 is 0 Å². The quantitative estimate of drug-likeness (QED) is 0.341. The minimum Gasteiger partial charge on any atom is -0.368 e. The summed E-state index contributed by atoms with van der Waals surface area (Å²) in [7, 11) is 0. The van der Waals surface area contributed by atoms with Crippen LogP contribution in [0.1, 0.15) is 21.5 Å². The van der Waals surface area contributed by atoms with Crippen LogP contribution in [0.5, 0.6) is 0 Å². The molecule has 1 saturated heterocycles. The van der Waals surface area contributed by atoms with Crippen LogP contribution in [0.3, 0.4) is 0 Å². The van der Waals surface area contributed by atoms with Crippen molar-refractivity contribution in [3.8, 4) is 11.3 Å². The summed E-state index contributed by atoms with van der Waals surface area (Å²) in [5.41, 5.74) is 6.32. The largest absolute Gasteiger partial charge is 0.368 e. The fourth-order valence-corrected chi connectivity index (χ4v) is 4.28. The van der Waals surface area contributed by atoms with Gasteiger partial charge in [0.05, 0.1) is 16.8 Å². The second-order valence-electron chi connectivity index (χ2n) is 8.48. The molecule has 0 saturated carbocycles. The average Bonchev–Trinajstić information content (AvgIpc) is 3.30. The number of rotatable bonds is 4. The van der Waals surface area contributed by atoms with E-state index >= 15 is 0 Å². The van der Waals surface area contributed by atoms with E-state index in [0.717, 1.165) is 16.9 Å². The van der Waals surface area contributed by atoms with Crippen LogP contribution in [-0.2, 0) is 0 Å². The van der Waals surface area contributed by atoms with Gasteiger partial charge in [-0.05, 0) is 49.2 Å². The number of carbonyl (C=O) groups is 1. The third-order valence-corrected chi connectivity index (χ3v) is 6.43. The Bertz CT molecular complexity index is 1390. The van der Waals surface area contributed by atoms with Crippen molar-refractivity contribution in [3.63, 3.8) is 0 Å². The highest BCUT2D eigenvalue weighted by Gasteiger charge is 2.26. The van der Waals surface area contributed by atoms with Gasteiger partial charge in [-0.15, -0.1) is 0 Å². The van der Waals surface area contributed by atoms with E-state index in [9.17, 15) is 14.9 Å². The second kappa shape index (κ2) is 8.58. The Labute approximate surface area is 196 Å². The first-order chi connectivity index (χ1) is 16.4. The Balaban J connectivity index is 1.34. The number of piperazine rings is 1.